The van der Waals surface area contributed by atoms with Crippen molar-refractivity contribution in [1.82, 2.24) is 0 Å². The van der Waals surface area contributed by atoms with Crippen LogP contribution in [0.3, 0.4) is 0 Å². The van der Waals surface area contributed by atoms with Crippen LogP contribution in [0.15, 0.2) is 42.5 Å². The van der Waals surface area contributed by atoms with Gasteiger partial charge >= 0.3 is 0 Å². The lowest BCUT2D eigenvalue weighted by Crippen LogP contribution is -2.09. The van der Waals surface area contributed by atoms with E-state index >= 15 is 0 Å². The van der Waals surface area contributed by atoms with E-state index in [0.29, 0.717) is 5.69 Å². The Labute approximate surface area is 126 Å². The third-order valence-corrected chi connectivity index (χ3v) is 3.19. The summed E-state index contributed by atoms with van der Waals surface area (Å²) in [5.41, 5.74) is 1.22. The van der Waals surface area contributed by atoms with E-state index in [4.69, 9.17) is 11.6 Å². The number of hydrogen-bond donors (Lipinski definition) is 1. The molecule has 0 aliphatic carbocycles. The van der Waals surface area contributed by atoms with Crippen LogP contribution >= 0.6 is 11.6 Å². The predicted molar refractivity (Wildman–Crippen MR) is 80.2 cm³/mol. The van der Waals surface area contributed by atoms with Crippen LogP contribution in [-0.2, 0) is 4.79 Å². The Kier molecular flexibility index (Phi) is 4.70. The summed E-state index contributed by atoms with van der Waals surface area (Å²) in [4.78, 5) is 11.8. The monoisotopic (exact) mass is 307 g/mol. The molecule has 0 aromatic heterocycles. The van der Waals surface area contributed by atoms with E-state index in [1.807, 2.05) is 0 Å². The van der Waals surface area contributed by atoms with Crippen LogP contribution in [0, 0.1) is 18.6 Å². The Morgan fingerprint density at radius 1 is 1.24 bits per heavy atom. The van der Waals surface area contributed by atoms with Crippen LogP contribution in [0.5, 0.6) is 0 Å². The van der Waals surface area contributed by atoms with Gasteiger partial charge in [-0.05, 0) is 42.8 Å². The number of benzene rings is 2. The molecule has 0 bridgehead atoms. The summed E-state index contributed by atoms with van der Waals surface area (Å²) in [6, 6.07) is 8.34. The molecule has 0 unspecified atom stereocenters. The molecule has 2 aromatic rings. The van der Waals surface area contributed by atoms with Crippen LogP contribution < -0.4 is 5.32 Å². The maximum atomic E-state index is 13.5. The van der Waals surface area contributed by atoms with E-state index in [9.17, 15) is 13.6 Å². The van der Waals surface area contributed by atoms with Crippen LogP contribution in [0.4, 0.5) is 14.5 Å². The lowest BCUT2D eigenvalue weighted by Gasteiger charge is -2.06. The van der Waals surface area contributed by atoms with Gasteiger partial charge in [-0.25, -0.2) is 8.78 Å². The molecule has 108 valence electrons. The van der Waals surface area contributed by atoms with Crippen molar-refractivity contribution in [2.75, 3.05) is 5.32 Å². The molecule has 0 aliphatic rings. The summed E-state index contributed by atoms with van der Waals surface area (Å²) in [5, 5.41) is 2.74. The molecule has 0 saturated heterocycles. The fourth-order valence-corrected chi connectivity index (χ4v) is 1.96. The molecule has 2 nitrogen and oxygen atoms in total. The summed E-state index contributed by atoms with van der Waals surface area (Å²) in [6.45, 7) is 1.74. The zero-order valence-electron chi connectivity index (χ0n) is 11.2. The number of aryl methyl sites for hydroxylation is 1. The van der Waals surface area contributed by atoms with Crippen molar-refractivity contribution in [3.05, 3.63) is 70.3 Å². The molecule has 21 heavy (non-hydrogen) atoms. The fourth-order valence-electron chi connectivity index (χ4n) is 1.73. The third kappa shape index (κ3) is 3.89. The van der Waals surface area contributed by atoms with E-state index in [1.54, 1.807) is 13.0 Å². The maximum Gasteiger partial charge on any atom is 0.248 e. The minimum atomic E-state index is -0.520. The Balaban J connectivity index is 2.15. The molecule has 2 rings (SSSR count). The lowest BCUT2D eigenvalue weighted by atomic mass is 10.2. The fraction of sp³-hybridized carbons (Fsp3) is 0.0625. The first kappa shape index (κ1) is 15.2. The topological polar surface area (TPSA) is 29.1 Å². The van der Waals surface area contributed by atoms with E-state index < -0.39 is 17.5 Å². The number of rotatable bonds is 3. The molecule has 0 atom stereocenters. The van der Waals surface area contributed by atoms with Crippen LogP contribution in [0.2, 0.25) is 5.02 Å². The molecule has 0 saturated carbocycles. The quantitative estimate of drug-likeness (QED) is 0.826. The van der Waals surface area contributed by atoms with Crippen molar-refractivity contribution in [3.63, 3.8) is 0 Å². The number of amides is 1. The highest BCUT2D eigenvalue weighted by molar-refractivity contribution is 6.32. The van der Waals surface area contributed by atoms with Crippen LogP contribution in [0.1, 0.15) is 11.1 Å². The van der Waals surface area contributed by atoms with Gasteiger partial charge in [0.2, 0.25) is 5.91 Å². The first-order valence-corrected chi connectivity index (χ1v) is 6.54. The Hall–Kier alpha value is -2.20. The van der Waals surface area contributed by atoms with Gasteiger partial charge in [0, 0.05) is 17.3 Å². The standard InChI is InChI=1S/C16H12ClF2NO/c1-10-5-6-11(18)9-15(10)20-16(21)8-7-12-13(17)3-2-4-14(12)19/h2-9H,1H3,(H,20,21)/b8-7+. The van der Waals surface area contributed by atoms with Crippen molar-refractivity contribution in [2.45, 2.75) is 6.92 Å². The van der Waals surface area contributed by atoms with Crippen LogP contribution in [-0.4, -0.2) is 5.91 Å². The number of carbonyl (C=O) groups excluding carboxylic acids is 1. The van der Waals surface area contributed by atoms with Gasteiger partial charge in [0.25, 0.3) is 0 Å². The second kappa shape index (κ2) is 6.50. The average Bonchev–Trinajstić information content (AvgIpc) is 2.42. The minimum absolute atomic E-state index is 0.130. The van der Waals surface area contributed by atoms with Crippen molar-refractivity contribution in [2.24, 2.45) is 0 Å². The van der Waals surface area contributed by atoms with Crippen LogP contribution in [0.25, 0.3) is 6.08 Å². The van der Waals surface area contributed by atoms with E-state index in [2.05, 4.69) is 5.32 Å². The Morgan fingerprint density at radius 2 is 2.00 bits per heavy atom. The summed E-state index contributed by atoms with van der Waals surface area (Å²) in [7, 11) is 0. The molecule has 0 radical (unpaired) electrons. The van der Waals surface area contributed by atoms with Gasteiger partial charge in [0.1, 0.15) is 11.6 Å². The molecule has 1 amide bonds. The largest absolute Gasteiger partial charge is 0.322 e. The molecule has 5 heteroatoms. The summed E-state index contributed by atoms with van der Waals surface area (Å²) in [5.74, 6) is -1.46. The van der Waals surface area contributed by atoms with Crippen molar-refractivity contribution in [1.29, 1.82) is 0 Å². The maximum absolute atomic E-state index is 13.5. The molecule has 0 fully saturated rings. The van der Waals surface area contributed by atoms with E-state index in [-0.39, 0.29) is 10.6 Å². The molecular formula is C16H12ClF2NO. The van der Waals surface area contributed by atoms with Crippen molar-refractivity contribution in [3.8, 4) is 0 Å². The van der Waals surface area contributed by atoms with Gasteiger partial charge in [-0.1, -0.05) is 23.7 Å². The van der Waals surface area contributed by atoms with Gasteiger partial charge in [0.15, 0.2) is 0 Å². The molecule has 2 aromatic carbocycles. The second-order valence-electron chi connectivity index (χ2n) is 4.42. The molecular weight excluding hydrogens is 296 g/mol. The molecule has 0 heterocycles. The SMILES string of the molecule is Cc1ccc(F)cc1NC(=O)/C=C/c1c(F)cccc1Cl. The minimum Gasteiger partial charge on any atom is -0.322 e. The van der Waals surface area contributed by atoms with E-state index in [1.165, 1.54) is 36.4 Å². The Bertz CT molecular complexity index is 693. The van der Waals surface area contributed by atoms with Crippen molar-refractivity contribution >= 4 is 29.3 Å². The highest BCUT2D eigenvalue weighted by Gasteiger charge is 2.06. The van der Waals surface area contributed by atoms with Gasteiger partial charge in [-0.15, -0.1) is 0 Å². The summed E-state index contributed by atoms with van der Waals surface area (Å²) >= 11 is 5.85. The predicted octanol–water partition coefficient (Wildman–Crippen LogP) is 4.58. The summed E-state index contributed by atoms with van der Waals surface area (Å²) < 4.78 is 26.6. The zero-order valence-corrected chi connectivity index (χ0v) is 11.9. The van der Waals surface area contributed by atoms with E-state index in [0.717, 1.165) is 11.6 Å². The highest BCUT2D eigenvalue weighted by Crippen LogP contribution is 2.20. The molecule has 0 aliphatic heterocycles. The summed E-state index contributed by atoms with van der Waals surface area (Å²) in [6.07, 6.45) is 2.43. The van der Waals surface area contributed by atoms with Gasteiger partial charge in [-0.3, -0.25) is 4.79 Å². The number of halogens is 3. The third-order valence-electron chi connectivity index (χ3n) is 2.86. The highest BCUT2D eigenvalue weighted by atomic mass is 35.5. The number of nitrogens with one attached hydrogen (secondary N) is 1. The van der Waals surface area contributed by atoms with Gasteiger partial charge in [0.05, 0.1) is 5.02 Å². The Morgan fingerprint density at radius 3 is 2.71 bits per heavy atom. The van der Waals surface area contributed by atoms with Gasteiger partial charge < -0.3 is 5.32 Å². The average molecular weight is 308 g/mol. The molecule has 0 spiro atoms. The zero-order chi connectivity index (χ0) is 15.4. The van der Waals surface area contributed by atoms with Gasteiger partial charge in [-0.2, -0.15) is 0 Å². The first-order chi connectivity index (χ1) is 9.97. The second-order valence-corrected chi connectivity index (χ2v) is 4.82. The first-order valence-electron chi connectivity index (χ1n) is 6.16. The molecule has 1 N–H and O–H groups in total. The smallest absolute Gasteiger partial charge is 0.248 e. The van der Waals surface area contributed by atoms with Crippen molar-refractivity contribution < 1.29 is 13.6 Å². The number of anilines is 1. The number of hydrogen-bond acceptors (Lipinski definition) is 1. The lowest BCUT2D eigenvalue weighted by molar-refractivity contribution is -0.111. The normalized spacial score (nSPS) is 10.9. The number of carbonyl (C=O) groups is 1.